The molecule has 0 fully saturated rings. The minimum Gasteiger partial charge on any atom is -0.456 e. The zero-order valence-electron chi connectivity index (χ0n) is 21.7. The zero-order valence-corrected chi connectivity index (χ0v) is 22.4. The number of nitrogens with zero attached hydrogens (tertiary/aromatic N) is 3. The van der Waals surface area contributed by atoms with Gasteiger partial charge in [0.05, 0.1) is 21.6 Å². The van der Waals surface area contributed by atoms with Crippen LogP contribution in [-0.2, 0) is 0 Å². The van der Waals surface area contributed by atoms with Gasteiger partial charge >= 0.3 is 0 Å². The molecule has 3 aromatic heterocycles. The lowest BCUT2D eigenvalue weighted by Crippen LogP contribution is -2.02. The Morgan fingerprint density at radius 3 is 2.17 bits per heavy atom. The van der Waals surface area contributed by atoms with Crippen LogP contribution in [0.2, 0.25) is 5.02 Å². The number of furan rings is 1. The van der Waals surface area contributed by atoms with Crippen molar-refractivity contribution in [2.24, 2.45) is 0 Å². The van der Waals surface area contributed by atoms with Crippen LogP contribution in [0.1, 0.15) is 0 Å². The van der Waals surface area contributed by atoms with Gasteiger partial charge < -0.3 is 4.42 Å². The molecule has 0 radical (unpaired) electrons. The second-order valence-corrected chi connectivity index (χ2v) is 10.7. The van der Waals surface area contributed by atoms with Crippen molar-refractivity contribution in [2.75, 3.05) is 0 Å². The Morgan fingerprint density at radius 2 is 1.27 bits per heavy atom. The topological polar surface area (TPSA) is 43.9 Å². The van der Waals surface area contributed by atoms with Crippen LogP contribution in [0.15, 0.2) is 126 Å². The van der Waals surface area contributed by atoms with Gasteiger partial charge in [0.25, 0.3) is 0 Å². The molecule has 3 heterocycles. The fraction of sp³-hybridized carbons (Fsp3) is 0. The van der Waals surface area contributed by atoms with Gasteiger partial charge in [-0.2, -0.15) is 0 Å². The molecule has 0 aliphatic rings. The molecule has 4 nitrogen and oxygen atoms in total. The quantitative estimate of drug-likeness (QED) is 0.217. The molecule has 0 aliphatic carbocycles. The summed E-state index contributed by atoms with van der Waals surface area (Å²) in [7, 11) is 0. The molecule has 0 aliphatic heterocycles. The molecule has 0 saturated carbocycles. The predicted molar refractivity (Wildman–Crippen MR) is 169 cm³/mol. The van der Waals surface area contributed by atoms with Crippen molar-refractivity contribution in [3.05, 3.63) is 126 Å². The van der Waals surface area contributed by atoms with Gasteiger partial charge in [-0.1, -0.05) is 84.4 Å². The van der Waals surface area contributed by atoms with Gasteiger partial charge in [0, 0.05) is 37.9 Å². The van der Waals surface area contributed by atoms with E-state index in [1.807, 2.05) is 60.7 Å². The third kappa shape index (κ3) is 3.22. The number of aromatic nitrogens is 3. The van der Waals surface area contributed by atoms with Crippen LogP contribution < -0.4 is 0 Å². The average molecular weight is 546 g/mol. The first-order valence-corrected chi connectivity index (χ1v) is 13.9. The van der Waals surface area contributed by atoms with E-state index in [1.165, 1.54) is 0 Å². The molecule has 6 aromatic carbocycles. The van der Waals surface area contributed by atoms with Crippen molar-refractivity contribution >= 4 is 77.0 Å². The van der Waals surface area contributed by atoms with Gasteiger partial charge in [0.1, 0.15) is 17.0 Å². The Hall–Kier alpha value is -5.19. The molecule has 0 bridgehead atoms. The van der Waals surface area contributed by atoms with Crippen LogP contribution >= 0.6 is 11.6 Å². The minimum atomic E-state index is 0.656. The van der Waals surface area contributed by atoms with E-state index in [-0.39, 0.29) is 0 Å². The highest BCUT2D eigenvalue weighted by Gasteiger charge is 2.20. The fourth-order valence-corrected chi connectivity index (χ4v) is 6.56. The third-order valence-electron chi connectivity index (χ3n) is 8.05. The lowest BCUT2D eigenvalue weighted by atomic mass is 10.1. The molecular weight excluding hydrogens is 526 g/mol. The Bertz CT molecular complexity index is 2510. The van der Waals surface area contributed by atoms with Gasteiger partial charge in [-0.3, -0.25) is 4.57 Å². The summed E-state index contributed by atoms with van der Waals surface area (Å²) in [6.07, 6.45) is 0. The van der Waals surface area contributed by atoms with E-state index < -0.39 is 0 Å². The van der Waals surface area contributed by atoms with Crippen molar-refractivity contribution in [1.82, 2.24) is 14.5 Å². The molecule has 9 rings (SSSR count). The predicted octanol–water partition coefficient (Wildman–Crippen LogP) is 10.1. The van der Waals surface area contributed by atoms with Crippen molar-refractivity contribution in [2.45, 2.75) is 0 Å². The van der Waals surface area contributed by atoms with E-state index in [4.69, 9.17) is 26.0 Å². The molecule has 0 spiro atoms. The zero-order chi connectivity index (χ0) is 27.1. The minimum absolute atomic E-state index is 0.656. The summed E-state index contributed by atoms with van der Waals surface area (Å²) in [5.41, 5.74) is 5.59. The monoisotopic (exact) mass is 545 g/mol. The highest BCUT2D eigenvalue weighted by Crippen LogP contribution is 2.41. The molecule has 9 aromatic rings. The molecule has 0 atom stereocenters. The van der Waals surface area contributed by atoms with E-state index in [0.717, 1.165) is 81.8 Å². The second-order valence-electron chi connectivity index (χ2n) is 10.4. The molecule has 192 valence electrons. The number of fused-ring (bicyclic) bond motifs is 8. The standard InChI is InChI=1S/C36H20ClN3O/c37-34-23-10-2-1-9-21(23)20-30-33(34)26-13-4-7-15-29(26)40(30)36-25-12-3-6-14-28(25)38-35(39-36)22-17-18-32-27(19-22)24-11-5-8-16-31(24)41-32/h1-20H. The lowest BCUT2D eigenvalue weighted by molar-refractivity contribution is 0.669. The third-order valence-corrected chi connectivity index (χ3v) is 8.44. The first-order valence-electron chi connectivity index (χ1n) is 13.5. The average Bonchev–Trinajstić information content (AvgIpc) is 3.56. The number of halogens is 1. The highest BCUT2D eigenvalue weighted by molar-refractivity contribution is 6.43. The summed E-state index contributed by atoms with van der Waals surface area (Å²) in [5.74, 6) is 1.48. The number of benzene rings is 6. The number of hydrogen-bond donors (Lipinski definition) is 0. The highest BCUT2D eigenvalue weighted by atomic mass is 35.5. The normalized spacial score (nSPS) is 12.0. The molecule has 5 heteroatoms. The molecule has 0 amide bonds. The molecule has 41 heavy (non-hydrogen) atoms. The van der Waals surface area contributed by atoms with Gasteiger partial charge in [-0.05, 0) is 53.9 Å². The second kappa shape index (κ2) is 8.40. The molecule has 0 unspecified atom stereocenters. The number of rotatable bonds is 2. The van der Waals surface area contributed by atoms with Crippen LogP contribution in [0, 0.1) is 0 Å². The van der Waals surface area contributed by atoms with Crippen LogP contribution in [0.5, 0.6) is 0 Å². The number of para-hydroxylation sites is 3. The van der Waals surface area contributed by atoms with E-state index in [0.29, 0.717) is 5.82 Å². The summed E-state index contributed by atoms with van der Waals surface area (Å²) in [4.78, 5) is 10.3. The molecule has 0 N–H and O–H groups in total. The smallest absolute Gasteiger partial charge is 0.162 e. The summed E-state index contributed by atoms with van der Waals surface area (Å²) >= 11 is 7.14. The summed E-state index contributed by atoms with van der Waals surface area (Å²) in [5, 5.41) is 8.09. The van der Waals surface area contributed by atoms with Gasteiger partial charge in [-0.25, -0.2) is 9.97 Å². The van der Waals surface area contributed by atoms with Gasteiger partial charge in [0.15, 0.2) is 5.82 Å². The maximum atomic E-state index is 7.14. The summed E-state index contributed by atoms with van der Waals surface area (Å²) in [6.45, 7) is 0. The van der Waals surface area contributed by atoms with Crippen molar-refractivity contribution in [3.63, 3.8) is 0 Å². The maximum Gasteiger partial charge on any atom is 0.162 e. The van der Waals surface area contributed by atoms with Gasteiger partial charge in [-0.15, -0.1) is 0 Å². The Balaban J connectivity index is 1.40. The Labute approximate surface area is 239 Å². The molecule has 0 saturated heterocycles. The van der Waals surface area contributed by atoms with Crippen LogP contribution in [0.3, 0.4) is 0 Å². The Kier molecular flexibility index (Phi) is 4.63. The van der Waals surface area contributed by atoms with Gasteiger partial charge in [0.2, 0.25) is 0 Å². The number of hydrogen-bond acceptors (Lipinski definition) is 3. The van der Waals surface area contributed by atoms with E-state index >= 15 is 0 Å². The SMILES string of the molecule is Clc1c2ccccc2cc2c1c1ccccc1n2-c1nc(-c2ccc3oc4ccccc4c3c2)nc2ccccc12. The molecular formula is C36H20ClN3O. The van der Waals surface area contributed by atoms with Crippen LogP contribution in [-0.4, -0.2) is 14.5 Å². The summed E-state index contributed by atoms with van der Waals surface area (Å²) < 4.78 is 8.32. The van der Waals surface area contributed by atoms with E-state index in [2.05, 4.69) is 65.2 Å². The van der Waals surface area contributed by atoms with E-state index in [9.17, 15) is 0 Å². The van der Waals surface area contributed by atoms with Crippen LogP contribution in [0.25, 0.3) is 82.6 Å². The first kappa shape index (κ1) is 22.6. The lowest BCUT2D eigenvalue weighted by Gasteiger charge is -2.13. The first-order chi connectivity index (χ1) is 20.2. The van der Waals surface area contributed by atoms with Crippen molar-refractivity contribution < 1.29 is 4.42 Å². The van der Waals surface area contributed by atoms with Crippen molar-refractivity contribution in [1.29, 1.82) is 0 Å². The maximum absolute atomic E-state index is 7.14. The van der Waals surface area contributed by atoms with E-state index in [1.54, 1.807) is 0 Å². The summed E-state index contributed by atoms with van der Waals surface area (Å²) in [6, 6.07) is 41.4. The van der Waals surface area contributed by atoms with Crippen LogP contribution in [0.4, 0.5) is 0 Å². The Morgan fingerprint density at radius 1 is 0.561 bits per heavy atom. The van der Waals surface area contributed by atoms with Crippen molar-refractivity contribution in [3.8, 4) is 17.2 Å². The largest absolute Gasteiger partial charge is 0.456 e. The fourth-order valence-electron chi connectivity index (χ4n) is 6.18.